The lowest BCUT2D eigenvalue weighted by molar-refractivity contribution is 0.974. The summed E-state index contributed by atoms with van der Waals surface area (Å²) >= 11 is 0. The van der Waals surface area contributed by atoms with Crippen molar-refractivity contribution in [2.24, 2.45) is 0 Å². The van der Waals surface area contributed by atoms with Crippen LogP contribution in [0.4, 0.5) is 5.69 Å². The maximum Gasteiger partial charge on any atom is 0.160 e. The van der Waals surface area contributed by atoms with Crippen LogP contribution in [0.2, 0.25) is 0 Å². The van der Waals surface area contributed by atoms with Gasteiger partial charge in [0.2, 0.25) is 0 Å². The summed E-state index contributed by atoms with van der Waals surface area (Å²) in [6, 6.07) is 73.0. The molecule has 8 aromatic carbocycles. The van der Waals surface area contributed by atoms with E-state index in [0.717, 1.165) is 45.2 Å². The summed E-state index contributed by atoms with van der Waals surface area (Å²) in [7, 11) is 0. The Morgan fingerprint density at radius 1 is 0.375 bits per heavy atom. The first kappa shape index (κ1) is 33.2. The number of rotatable bonds is 7. The Morgan fingerprint density at radius 3 is 1.52 bits per heavy atom. The third kappa shape index (κ3) is 6.36. The molecule has 0 bridgehead atoms. The van der Waals surface area contributed by atoms with Crippen LogP contribution in [0.3, 0.4) is 0 Å². The lowest BCUT2D eigenvalue weighted by Crippen LogP contribution is -2.15. The molecule has 0 saturated heterocycles. The van der Waals surface area contributed by atoms with Crippen molar-refractivity contribution < 1.29 is 0 Å². The Labute approximate surface area is 327 Å². The number of hydrogen-bond donors (Lipinski definition) is 1. The van der Waals surface area contributed by atoms with Gasteiger partial charge in [0.1, 0.15) is 0 Å². The van der Waals surface area contributed by atoms with E-state index >= 15 is 0 Å². The van der Waals surface area contributed by atoms with Crippen LogP contribution in [0.15, 0.2) is 212 Å². The first-order chi connectivity index (χ1) is 27.7. The molecule has 0 aliphatic carbocycles. The summed E-state index contributed by atoms with van der Waals surface area (Å²) < 4.78 is 0. The van der Waals surface area contributed by atoms with Gasteiger partial charge >= 0.3 is 0 Å². The van der Waals surface area contributed by atoms with Gasteiger partial charge < -0.3 is 5.32 Å². The van der Waals surface area contributed by atoms with Crippen LogP contribution in [-0.2, 0) is 0 Å². The van der Waals surface area contributed by atoms with Gasteiger partial charge in [0.25, 0.3) is 0 Å². The highest BCUT2D eigenvalue weighted by atomic mass is 14.9. The van der Waals surface area contributed by atoms with E-state index in [1.807, 2.05) is 36.4 Å². The second-order valence-electron chi connectivity index (χ2n) is 14.2. The zero-order valence-corrected chi connectivity index (χ0v) is 30.7. The Balaban J connectivity index is 0.976. The SMILES string of the molecule is C1=C(c2ccccc2)c2c(ccc3c(-c4ccc(-c5ccc(-c6cc(-c7ccccc7)nc(-c7ccccc7)n6)cc5)cc4)cccc23)NC1c1ccccc1. The van der Waals surface area contributed by atoms with Gasteiger partial charge in [-0.05, 0) is 67.9 Å². The Morgan fingerprint density at radius 2 is 0.893 bits per heavy atom. The maximum atomic E-state index is 5.02. The Hall–Kier alpha value is -7.36. The topological polar surface area (TPSA) is 37.8 Å². The second kappa shape index (κ2) is 14.5. The molecular formula is C53H37N3. The number of aromatic nitrogens is 2. The third-order valence-corrected chi connectivity index (χ3v) is 10.8. The molecule has 1 aromatic heterocycles. The first-order valence-electron chi connectivity index (χ1n) is 19.1. The van der Waals surface area contributed by atoms with Gasteiger partial charge in [-0.15, -0.1) is 0 Å². The van der Waals surface area contributed by atoms with E-state index < -0.39 is 0 Å². The van der Waals surface area contributed by atoms with Gasteiger partial charge in [0.05, 0.1) is 17.4 Å². The summed E-state index contributed by atoms with van der Waals surface area (Å²) in [5.74, 6) is 0.718. The molecule has 0 radical (unpaired) electrons. The van der Waals surface area contributed by atoms with Crippen LogP contribution >= 0.6 is 0 Å². The summed E-state index contributed by atoms with van der Waals surface area (Å²) in [5, 5.41) is 6.32. The van der Waals surface area contributed by atoms with Crippen molar-refractivity contribution in [3.05, 3.63) is 229 Å². The van der Waals surface area contributed by atoms with Crippen molar-refractivity contribution in [1.82, 2.24) is 9.97 Å². The van der Waals surface area contributed by atoms with Crippen molar-refractivity contribution in [1.29, 1.82) is 0 Å². The van der Waals surface area contributed by atoms with Crippen molar-refractivity contribution in [2.75, 3.05) is 5.32 Å². The molecule has 264 valence electrons. The van der Waals surface area contributed by atoms with Gasteiger partial charge in [-0.25, -0.2) is 9.97 Å². The summed E-state index contributed by atoms with van der Waals surface area (Å²) in [6.45, 7) is 0. The zero-order chi connectivity index (χ0) is 37.3. The molecule has 0 fully saturated rings. The predicted octanol–water partition coefficient (Wildman–Crippen LogP) is 13.6. The van der Waals surface area contributed by atoms with E-state index in [9.17, 15) is 0 Å². The maximum absolute atomic E-state index is 5.02. The fraction of sp³-hybridized carbons (Fsp3) is 0.0189. The highest BCUT2D eigenvalue weighted by Gasteiger charge is 2.24. The molecule has 1 aliphatic rings. The lowest BCUT2D eigenvalue weighted by atomic mass is 9.85. The van der Waals surface area contributed by atoms with E-state index in [-0.39, 0.29) is 6.04 Å². The summed E-state index contributed by atoms with van der Waals surface area (Å²) in [4.78, 5) is 9.97. The quantitative estimate of drug-likeness (QED) is 0.178. The molecule has 1 N–H and O–H groups in total. The molecule has 0 saturated carbocycles. The van der Waals surface area contributed by atoms with Crippen LogP contribution in [0.5, 0.6) is 0 Å². The van der Waals surface area contributed by atoms with E-state index in [2.05, 4.69) is 181 Å². The molecule has 2 heterocycles. The molecular weight excluding hydrogens is 679 g/mol. The number of nitrogens with zero attached hydrogens (tertiary/aromatic N) is 2. The normalized spacial score (nSPS) is 13.4. The fourth-order valence-corrected chi connectivity index (χ4v) is 7.92. The number of anilines is 1. The molecule has 0 spiro atoms. The highest BCUT2D eigenvalue weighted by Crippen LogP contribution is 2.44. The monoisotopic (exact) mass is 715 g/mol. The van der Waals surface area contributed by atoms with Crippen LogP contribution in [0.25, 0.3) is 72.5 Å². The van der Waals surface area contributed by atoms with E-state index in [0.29, 0.717) is 0 Å². The van der Waals surface area contributed by atoms with Crippen LogP contribution in [-0.4, -0.2) is 9.97 Å². The molecule has 3 heteroatoms. The van der Waals surface area contributed by atoms with Crippen LogP contribution in [0, 0.1) is 0 Å². The standard InChI is InChI=1S/C53H37N3/c1-5-14-38(15-6-1)47-34-49(40-16-7-2-8-17-40)54-48-33-32-45-44(22-13-23-46(45)52(47)48)39-28-24-36(25-29-39)37-26-30-42(31-27-37)51-35-50(41-18-9-3-10-19-41)55-53(56-51)43-20-11-4-12-21-43/h1-35,49,54H. The molecule has 10 rings (SSSR count). The van der Waals surface area contributed by atoms with Crippen molar-refractivity contribution in [3.8, 4) is 56.2 Å². The number of hydrogen-bond acceptors (Lipinski definition) is 3. The van der Waals surface area contributed by atoms with Crippen LogP contribution < -0.4 is 5.32 Å². The zero-order valence-electron chi connectivity index (χ0n) is 30.7. The molecule has 3 nitrogen and oxygen atoms in total. The minimum Gasteiger partial charge on any atom is -0.374 e. The van der Waals surface area contributed by atoms with Crippen molar-refractivity contribution in [3.63, 3.8) is 0 Å². The average Bonchev–Trinajstić information content (AvgIpc) is 3.29. The van der Waals surface area contributed by atoms with E-state index in [1.54, 1.807) is 0 Å². The van der Waals surface area contributed by atoms with Gasteiger partial charge in [0, 0.05) is 27.9 Å². The molecule has 1 aliphatic heterocycles. The predicted molar refractivity (Wildman–Crippen MR) is 233 cm³/mol. The summed E-state index contributed by atoms with van der Waals surface area (Å²) in [6.07, 6.45) is 2.38. The number of nitrogens with one attached hydrogen (secondary N) is 1. The van der Waals surface area contributed by atoms with Gasteiger partial charge in [-0.2, -0.15) is 0 Å². The van der Waals surface area contributed by atoms with Gasteiger partial charge in [-0.3, -0.25) is 0 Å². The van der Waals surface area contributed by atoms with E-state index in [1.165, 1.54) is 49.7 Å². The fourth-order valence-electron chi connectivity index (χ4n) is 7.92. The summed E-state index contributed by atoms with van der Waals surface area (Å²) in [5.41, 5.74) is 15.8. The molecule has 1 atom stereocenters. The Bertz CT molecular complexity index is 2770. The average molecular weight is 716 g/mol. The minimum absolute atomic E-state index is 0.0839. The smallest absolute Gasteiger partial charge is 0.160 e. The molecule has 0 amide bonds. The third-order valence-electron chi connectivity index (χ3n) is 10.8. The van der Waals surface area contributed by atoms with Crippen molar-refractivity contribution >= 4 is 22.0 Å². The Kier molecular flexibility index (Phi) is 8.58. The molecule has 1 unspecified atom stereocenters. The minimum atomic E-state index is 0.0839. The van der Waals surface area contributed by atoms with Crippen molar-refractivity contribution in [2.45, 2.75) is 6.04 Å². The largest absolute Gasteiger partial charge is 0.374 e. The first-order valence-corrected chi connectivity index (χ1v) is 19.1. The van der Waals surface area contributed by atoms with Gasteiger partial charge in [0.15, 0.2) is 5.82 Å². The highest BCUT2D eigenvalue weighted by molar-refractivity contribution is 6.08. The molecule has 9 aromatic rings. The number of fused-ring (bicyclic) bond motifs is 3. The molecule has 56 heavy (non-hydrogen) atoms. The second-order valence-corrected chi connectivity index (χ2v) is 14.2. The van der Waals surface area contributed by atoms with Crippen LogP contribution in [0.1, 0.15) is 22.7 Å². The van der Waals surface area contributed by atoms with Gasteiger partial charge in [-0.1, -0.05) is 194 Å². The number of benzene rings is 8. The lowest BCUT2D eigenvalue weighted by Gasteiger charge is -2.29. The van der Waals surface area contributed by atoms with E-state index in [4.69, 9.17) is 9.97 Å².